The average Bonchev–Trinajstić information content (AvgIpc) is 2.44. The lowest BCUT2D eigenvalue weighted by molar-refractivity contribution is -0.141. The Kier molecular flexibility index (Phi) is 6.56. The van der Waals surface area contributed by atoms with Crippen LogP contribution in [0.4, 0.5) is 4.79 Å². The van der Waals surface area contributed by atoms with E-state index in [9.17, 15) is 9.59 Å². The summed E-state index contributed by atoms with van der Waals surface area (Å²) in [5, 5.41) is 2.65. The third-order valence-electron chi connectivity index (χ3n) is 2.91. The van der Waals surface area contributed by atoms with Gasteiger partial charge in [0.1, 0.15) is 6.61 Å². The number of nitrogens with one attached hydrogen (secondary N) is 1. The molecule has 110 valence electrons. The number of carbonyl (C=O) groups is 2. The molecule has 0 aliphatic rings. The molecule has 20 heavy (non-hydrogen) atoms. The summed E-state index contributed by atoms with van der Waals surface area (Å²) in [6.45, 7) is 4.07. The Hall–Kier alpha value is -2.04. The maximum absolute atomic E-state index is 11.7. The highest BCUT2D eigenvalue weighted by atomic mass is 16.5. The fraction of sp³-hybridized carbons (Fsp3) is 0.467. The second-order valence-electron chi connectivity index (χ2n) is 4.59. The van der Waals surface area contributed by atoms with Crippen LogP contribution in [0, 0.1) is 6.92 Å². The number of hydrogen-bond acceptors (Lipinski definition) is 4. The number of carbonyl (C=O) groups excluding carboxylic acids is 2. The molecule has 0 heterocycles. The monoisotopic (exact) mass is 279 g/mol. The van der Waals surface area contributed by atoms with Gasteiger partial charge in [0.25, 0.3) is 0 Å². The topological polar surface area (TPSA) is 64.6 Å². The van der Waals surface area contributed by atoms with Gasteiger partial charge in [-0.2, -0.15) is 0 Å². The molecule has 0 saturated heterocycles. The van der Waals surface area contributed by atoms with Crippen molar-refractivity contribution in [3.05, 3.63) is 35.4 Å². The number of benzene rings is 1. The molecular formula is C15H21NO4. The standard InChI is InChI=1S/C15H21NO4/c1-4-13(9-14(17)19-3)16-15(18)20-10-12-7-5-6-11(2)8-12/h5-8,13H,4,9-10H2,1-3H3,(H,16,18)/t13-/m1/s1. The summed E-state index contributed by atoms with van der Waals surface area (Å²) >= 11 is 0. The minimum atomic E-state index is -0.526. The van der Waals surface area contributed by atoms with Crippen LogP contribution in [-0.4, -0.2) is 25.2 Å². The van der Waals surface area contributed by atoms with E-state index in [0.717, 1.165) is 11.1 Å². The van der Waals surface area contributed by atoms with Crippen molar-refractivity contribution in [2.45, 2.75) is 39.3 Å². The highest BCUT2D eigenvalue weighted by Crippen LogP contribution is 2.06. The summed E-state index contributed by atoms with van der Waals surface area (Å²) < 4.78 is 9.70. The highest BCUT2D eigenvalue weighted by Gasteiger charge is 2.15. The number of ether oxygens (including phenoxy) is 2. The van der Waals surface area contributed by atoms with Crippen LogP contribution in [0.1, 0.15) is 30.9 Å². The van der Waals surface area contributed by atoms with Crippen LogP contribution in [0.5, 0.6) is 0 Å². The number of alkyl carbamates (subject to hydrolysis) is 1. The van der Waals surface area contributed by atoms with Crippen LogP contribution < -0.4 is 5.32 Å². The summed E-state index contributed by atoms with van der Waals surface area (Å²) in [7, 11) is 1.32. The van der Waals surface area contributed by atoms with Gasteiger partial charge in [0, 0.05) is 6.04 Å². The Morgan fingerprint density at radius 1 is 1.35 bits per heavy atom. The summed E-state index contributed by atoms with van der Waals surface area (Å²) in [5.41, 5.74) is 2.05. The lowest BCUT2D eigenvalue weighted by atomic mass is 10.1. The molecule has 5 heteroatoms. The van der Waals surface area contributed by atoms with Crippen LogP contribution >= 0.6 is 0 Å². The molecule has 1 aromatic rings. The van der Waals surface area contributed by atoms with E-state index in [1.165, 1.54) is 7.11 Å². The molecule has 1 atom stereocenters. The van der Waals surface area contributed by atoms with Crippen molar-refractivity contribution in [1.29, 1.82) is 0 Å². The number of hydrogen-bond donors (Lipinski definition) is 1. The first kappa shape index (κ1) is 16.0. The third-order valence-corrected chi connectivity index (χ3v) is 2.91. The predicted molar refractivity (Wildman–Crippen MR) is 75.2 cm³/mol. The number of rotatable bonds is 6. The van der Waals surface area contributed by atoms with Crippen molar-refractivity contribution in [2.24, 2.45) is 0 Å². The Bertz CT molecular complexity index is 459. The van der Waals surface area contributed by atoms with Crippen LogP contribution in [-0.2, 0) is 20.9 Å². The number of amides is 1. The van der Waals surface area contributed by atoms with Gasteiger partial charge in [-0.05, 0) is 18.9 Å². The van der Waals surface area contributed by atoms with E-state index in [-0.39, 0.29) is 25.0 Å². The molecule has 0 aromatic heterocycles. The molecule has 1 rings (SSSR count). The largest absolute Gasteiger partial charge is 0.469 e. The maximum atomic E-state index is 11.7. The lowest BCUT2D eigenvalue weighted by Crippen LogP contribution is -2.36. The minimum absolute atomic E-state index is 0.145. The van der Waals surface area contributed by atoms with Gasteiger partial charge in [0.15, 0.2) is 0 Å². The van der Waals surface area contributed by atoms with Crippen molar-refractivity contribution in [2.75, 3.05) is 7.11 Å². The quantitative estimate of drug-likeness (QED) is 0.813. The first-order valence-electron chi connectivity index (χ1n) is 6.60. The molecule has 0 saturated carbocycles. The van der Waals surface area contributed by atoms with Gasteiger partial charge in [0.2, 0.25) is 0 Å². The zero-order valence-electron chi connectivity index (χ0n) is 12.1. The van der Waals surface area contributed by atoms with Crippen molar-refractivity contribution >= 4 is 12.1 Å². The molecule has 0 unspecified atom stereocenters. The number of aryl methyl sites for hydroxylation is 1. The van der Waals surface area contributed by atoms with Crippen molar-refractivity contribution in [3.63, 3.8) is 0 Å². The lowest BCUT2D eigenvalue weighted by Gasteiger charge is -2.15. The van der Waals surface area contributed by atoms with Gasteiger partial charge < -0.3 is 14.8 Å². The first-order valence-corrected chi connectivity index (χ1v) is 6.60. The van der Waals surface area contributed by atoms with E-state index in [1.54, 1.807) is 0 Å². The van der Waals surface area contributed by atoms with E-state index in [2.05, 4.69) is 10.1 Å². The van der Waals surface area contributed by atoms with Gasteiger partial charge in [-0.15, -0.1) is 0 Å². The molecular weight excluding hydrogens is 258 g/mol. The van der Waals surface area contributed by atoms with Gasteiger partial charge in [0.05, 0.1) is 13.5 Å². The van der Waals surface area contributed by atoms with Crippen LogP contribution in [0.3, 0.4) is 0 Å². The van der Waals surface area contributed by atoms with E-state index in [0.29, 0.717) is 6.42 Å². The predicted octanol–water partition coefficient (Wildman–Crippen LogP) is 2.56. The molecule has 0 radical (unpaired) electrons. The van der Waals surface area contributed by atoms with E-state index in [1.807, 2.05) is 38.1 Å². The summed E-state index contributed by atoms with van der Waals surface area (Å²) in [5.74, 6) is -0.351. The van der Waals surface area contributed by atoms with E-state index in [4.69, 9.17) is 4.74 Å². The zero-order valence-corrected chi connectivity index (χ0v) is 12.1. The van der Waals surface area contributed by atoms with Crippen molar-refractivity contribution in [1.82, 2.24) is 5.32 Å². The molecule has 1 aromatic carbocycles. The molecule has 0 bridgehead atoms. The molecule has 0 aliphatic heterocycles. The number of methoxy groups -OCH3 is 1. The molecule has 0 fully saturated rings. The van der Waals surface area contributed by atoms with Crippen LogP contribution in [0.15, 0.2) is 24.3 Å². The van der Waals surface area contributed by atoms with E-state index >= 15 is 0 Å². The maximum Gasteiger partial charge on any atom is 0.407 e. The Morgan fingerprint density at radius 3 is 2.70 bits per heavy atom. The summed E-state index contributed by atoms with van der Waals surface area (Å²) in [4.78, 5) is 22.8. The molecule has 1 N–H and O–H groups in total. The molecule has 0 spiro atoms. The van der Waals surface area contributed by atoms with Gasteiger partial charge in [-0.3, -0.25) is 4.79 Å². The Balaban J connectivity index is 2.40. The normalized spacial score (nSPS) is 11.6. The molecule has 5 nitrogen and oxygen atoms in total. The van der Waals surface area contributed by atoms with Gasteiger partial charge in [-0.25, -0.2) is 4.79 Å². The van der Waals surface area contributed by atoms with Crippen LogP contribution in [0.2, 0.25) is 0 Å². The van der Waals surface area contributed by atoms with Crippen molar-refractivity contribution < 1.29 is 19.1 Å². The smallest absolute Gasteiger partial charge is 0.407 e. The Morgan fingerprint density at radius 2 is 2.10 bits per heavy atom. The first-order chi connectivity index (χ1) is 9.55. The SMILES string of the molecule is CC[C@H](CC(=O)OC)NC(=O)OCc1cccc(C)c1. The molecule has 0 aliphatic carbocycles. The van der Waals surface area contributed by atoms with Crippen LogP contribution in [0.25, 0.3) is 0 Å². The fourth-order valence-electron chi connectivity index (χ4n) is 1.74. The number of esters is 1. The second-order valence-corrected chi connectivity index (χ2v) is 4.59. The summed E-state index contributed by atoms with van der Waals surface area (Å²) in [6, 6.07) is 7.48. The average molecular weight is 279 g/mol. The van der Waals surface area contributed by atoms with Gasteiger partial charge >= 0.3 is 12.1 Å². The zero-order chi connectivity index (χ0) is 15.0. The Labute approximate surface area is 119 Å². The minimum Gasteiger partial charge on any atom is -0.469 e. The summed E-state index contributed by atoms with van der Waals surface area (Å²) in [6.07, 6.45) is 0.253. The molecule has 1 amide bonds. The van der Waals surface area contributed by atoms with E-state index < -0.39 is 6.09 Å². The van der Waals surface area contributed by atoms with Crippen molar-refractivity contribution in [3.8, 4) is 0 Å². The highest BCUT2D eigenvalue weighted by molar-refractivity contribution is 5.72. The van der Waals surface area contributed by atoms with Gasteiger partial charge in [-0.1, -0.05) is 36.8 Å². The second kappa shape index (κ2) is 8.19. The third kappa shape index (κ3) is 5.73. The fourth-order valence-corrected chi connectivity index (χ4v) is 1.74.